The van der Waals surface area contributed by atoms with Crippen molar-refractivity contribution in [3.63, 3.8) is 0 Å². The van der Waals surface area contributed by atoms with E-state index in [1.54, 1.807) is 13.8 Å². The molecule has 0 rings (SSSR count). The van der Waals surface area contributed by atoms with Crippen LogP contribution in [0.3, 0.4) is 0 Å². The molecule has 0 aliphatic rings. The number of guanidine groups is 3. The van der Waals surface area contributed by atoms with Crippen LogP contribution < -0.4 is 66.7 Å². The fourth-order valence-corrected chi connectivity index (χ4v) is 8.72. The summed E-state index contributed by atoms with van der Waals surface area (Å²) in [4.78, 5) is 159. The number of carbonyl (C=O) groups is 11. The van der Waals surface area contributed by atoms with Crippen LogP contribution in [0, 0.1) is 35.5 Å². The summed E-state index contributed by atoms with van der Waals surface area (Å²) in [5, 5.41) is 42.2. The third-order valence-electron chi connectivity index (χ3n) is 13.8. The van der Waals surface area contributed by atoms with Gasteiger partial charge in [0, 0.05) is 88.4 Å². The van der Waals surface area contributed by atoms with Gasteiger partial charge in [-0.25, -0.2) is 0 Å². The Labute approximate surface area is 473 Å². The van der Waals surface area contributed by atoms with Crippen molar-refractivity contribution in [2.24, 2.45) is 90.6 Å². The van der Waals surface area contributed by atoms with E-state index in [1.165, 1.54) is 14.0 Å². The number of carboxylic acid groups (broad SMARTS) is 2. The molecule has 0 aromatic rings. The van der Waals surface area contributed by atoms with Gasteiger partial charge in [-0.3, -0.25) is 67.7 Å². The van der Waals surface area contributed by atoms with E-state index in [9.17, 15) is 68.1 Å². The molecule has 0 heterocycles. The Bertz CT molecular complexity index is 2170. The molecule has 0 aromatic carbocycles. The average molecular weight is 1150 g/mol. The lowest BCUT2D eigenvalue weighted by molar-refractivity contribution is -0.141. The molecule has 81 heavy (non-hydrogen) atoms. The number of carbonyl (C=O) groups excluding carboxylic acids is 9. The lowest BCUT2D eigenvalue weighted by Crippen LogP contribution is -2.49. The molecule has 0 aromatic heterocycles. The molecule has 29 heteroatoms. The number of Topliss-reactive ketones (excluding diaryl/α,β-unsaturated/α-hetero) is 4. The molecule has 5 amide bonds. The summed E-state index contributed by atoms with van der Waals surface area (Å²) in [6.07, 6.45) is -0.881. The first-order valence-electron chi connectivity index (χ1n) is 27.6. The van der Waals surface area contributed by atoms with E-state index in [1.807, 2.05) is 6.92 Å². The summed E-state index contributed by atoms with van der Waals surface area (Å²) >= 11 is 0. The molecule has 0 unspecified atom stereocenters. The van der Waals surface area contributed by atoms with Gasteiger partial charge in [0.2, 0.25) is 29.5 Å². The molecule has 0 aliphatic heterocycles. The Hall–Kier alpha value is -7.30. The fraction of sp³-hybridized carbons (Fsp3) is 0.731. The molecule has 0 aliphatic carbocycles. The summed E-state index contributed by atoms with van der Waals surface area (Å²) < 4.78 is 0. The second-order valence-electron chi connectivity index (χ2n) is 20.3. The van der Waals surface area contributed by atoms with E-state index in [0.717, 1.165) is 0 Å². The SMILES string of the molecule is CC[C@@H](CCCN=C(N)N)C(=O)N[C@@H](CCC(=O)O)C(=O)C[C@@H](CCCCN)C(=O)N[C@@H](CCCN=C(N)N)C(=O)C[C@@H](CCCN=C(N)N)C(=O)N[C@@H](CO)C(=O)C[C@@H](C)C(=O)N[C@@H](CC(=O)O)C(=O)C[C@H](C(=O)NC)[C@@H](C)CC. The molecule has 22 N–H and O–H groups in total. The van der Waals surface area contributed by atoms with Crippen LogP contribution in [0.4, 0.5) is 0 Å². The fourth-order valence-electron chi connectivity index (χ4n) is 8.72. The predicted octanol–water partition coefficient (Wildman–Crippen LogP) is -2.31. The number of aliphatic imine (C=N–C) groups is 3. The number of ketones is 4. The number of nitrogens with zero attached hydrogens (tertiary/aromatic N) is 3. The van der Waals surface area contributed by atoms with Crippen LogP contribution in [0.2, 0.25) is 0 Å². The second-order valence-corrected chi connectivity index (χ2v) is 20.3. The summed E-state index contributed by atoms with van der Waals surface area (Å²) in [6, 6.07) is -5.80. The number of hydrogen-bond donors (Lipinski definition) is 15. The number of rotatable bonds is 46. The molecule has 0 fully saturated rings. The van der Waals surface area contributed by atoms with Crippen LogP contribution in [0.15, 0.2) is 15.0 Å². The van der Waals surface area contributed by atoms with Gasteiger partial charge in [0.15, 0.2) is 41.0 Å². The van der Waals surface area contributed by atoms with Crippen molar-refractivity contribution in [3.05, 3.63) is 0 Å². The standard InChI is InChI=1S/C52H93N15O14/c1-6-29(3)34(49(81)60-5)26-42(72)37(27-44(75)76)66-45(77)30(4)23-39(69)38(28-68)67-48(80)33(15-11-21-62-51(56)57)25-40(70)35(16-12-22-63-52(58)59)64-47(79)32(13-8-9-19-53)24-41(71)36(17-18-43(73)74)65-46(78)31(7-2)14-10-20-61-50(54)55/h29-38,68H,6-28,53H2,1-5H3,(H,60,81)(H,64,79)(H,65,78)(H,66,77)(H,67,80)(H,73,74)(H,75,76)(H4,54,55,61)(H4,56,57,62)(H4,58,59,63)/t29-,30+,31-,32+,33+,34-,35-,36-,37-,38-/m0/s1. The van der Waals surface area contributed by atoms with Gasteiger partial charge in [0.05, 0.1) is 31.2 Å². The largest absolute Gasteiger partial charge is 0.481 e. The number of hydrogen-bond acceptors (Lipinski definition) is 16. The van der Waals surface area contributed by atoms with Crippen molar-refractivity contribution in [1.82, 2.24) is 26.6 Å². The number of aliphatic hydroxyl groups excluding tert-OH is 1. The topological polar surface area (TPSA) is 528 Å². The first-order chi connectivity index (χ1) is 38.1. The van der Waals surface area contributed by atoms with Gasteiger partial charge in [-0.2, -0.15) is 0 Å². The minimum Gasteiger partial charge on any atom is -0.481 e. The van der Waals surface area contributed by atoms with Crippen molar-refractivity contribution in [2.45, 2.75) is 167 Å². The lowest BCUT2D eigenvalue weighted by Gasteiger charge is -2.26. The van der Waals surface area contributed by atoms with E-state index < -0.39 is 157 Å². The van der Waals surface area contributed by atoms with Crippen LogP contribution >= 0.6 is 0 Å². The van der Waals surface area contributed by atoms with Gasteiger partial charge < -0.3 is 82.0 Å². The average Bonchev–Trinajstić information content (AvgIpc) is 3.41. The van der Waals surface area contributed by atoms with Crippen LogP contribution in [-0.4, -0.2) is 162 Å². The first-order valence-corrected chi connectivity index (χ1v) is 27.6. The molecular formula is C52H93N15O14. The Morgan fingerprint density at radius 2 is 0.877 bits per heavy atom. The van der Waals surface area contributed by atoms with Crippen molar-refractivity contribution in [2.75, 3.05) is 39.8 Å². The number of unbranched alkanes of at least 4 members (excludes halogenated alkanes) is 1. The zero-order chi connectivity index (χ0) is 61.8. The molecule has 10 atom stereocenters. The maximum Gasteiger partial charge on any atom is 0.305 e. The van der Waals surface area contributed by atoms with E-state index in [4.69, 9.17) is 40.1 Å². The third-order valence-corrected chi connectivity index (χ3v) is 13.8. The lowest BCUT2D eigenvalue weighted by atomic mass is 9.85. The molecule has 0 saturated carbocycles. The minimum absolute atomic E-state index is 0.00831. The molecule has 0 bridgehead atoms. The van der Waals surface area contributed by atoms with E-state index in [0.29, 0.717) is 38.5 Å². The highest BCUT2D eigenvalue weighted by molar-refractivity contribution is 5.98. The monoisotopic (exact) mass is 1150 g/mol. The van der Waals surface area contributed by atoms with Crippen molar-refractivity contribution in [1.29, 1.82) is 0 Å². The summed E-state index contributed by atoms with van der Waals surface area (Å²) in [7, 11) is 1.40. The number of carboxylic acids is 2. The normalized spacial score (nSPS) is 14.7. The van der Waals surface area contributed by atoms with Gasteiger partial charge in [-0.05, 0) is 76.7 Å². The highest BCUT2D eigenvalue weighted by Crippen LogP contribution is 2.23. The molecule has 0 radical (unpaired) electrons. The maximum atomic E-state index is 14.4. The predicted molar refractivity (Wildman–Crippen MR) is 302 cm³/mol. The Balaban J connectivity index is 6.82. The highest BCUT2D eigenvalue weighted by atomic mass is 16.4. The summed E-state index contributed by atoms with van der Waals surface area (Å²) in [5.74, 6) is -14.8. The molecule has 460 valence electrons. The van der Waals surface area contributed by atoms with E-state index in [-0.39, 0.29) is 94.9 Å². The van der Waals surface area contributed by atoms with Gasteiger partial charge in [0.1, 0.15) is 6.04 Å². The van der Waals surface area contributed by atoms with Crippen LogP contribution in [0.25, 0.3) is 0 Å². The minimum atomic E-state index is -1.63. The molecule has 0 spiro atoms. The van der Waals surface area contributed by atoms with Crippen LogP contribution in [-0.2, 0) is 52.7 Å². The number of nitrogens with one attached hydrogen (secondary N) is 5. The number of nitrogens with two attached hydrogens (primary N) is 7. The van der Waals surface area contributed by atoms with Crippen LogP contribution in [0.1, 0.15) is 143 Å². The molecular weight excluding hydrogens is 1060 g/mol. The highest BCUT2D eigenvalue weighted by Gasteiger charge is 2.36. The van der Waals surface area contributed by atoms with E-state index >= 15 is 0 Å². The van der Waals surface area contributed by atoms with E-state index in [2.05, 4.69) is 41.6 Å². The third kappa shape index (κ3) is 31.3. The molecule has 29 nitrogen and oxygen atoms in total. The van der Waals surface area contributed by atoms with Gasteiger partial charge in [-0.15, -0.1) is 0 Å². The van der Waals surface area contributed by atoms with Crippen molar-refractivity contribution < 1.29 is 68.1 Å². The number of aliphatic hydroxyl groups is 1. The Morgan fingerprint density at radius 1 is 0.457 bits per heavy atom. The van der Waals surface area contributed by atoms with Gasteiger partial charge >= 0.3 is 11.9 Å². The quantitative estimate of drug-likeness (QED) is 0.0173. The van der Waals surface area contributed by atoms with Gasteiger partial charge in [0.25, 0.3) is 0 Å². The Morgan fingerprint density at radius 3 is 1.31 bits per heavy atom. The number of amides is 5. The van der Waals surface area contributed by atoms with Crippen LogP contribution in [0.5, 0.6) is 0 Å². The van der Waals surface area contributed by atoms with Gasteiger partial charge in [-0.1, -0.05) is 40.5 Å². The maximum absolute atomic E-state index is 14.4. The zero-order valence-electron chi connectivity index (χ0n) is 47.8. The first kappa shape index (κ1) is 73.7. The van der Waals surface area contributed by atoms with Crippen molar-refractivity contribution in [3.8, 4) is 0 Å². The second kappa shape index (κ2) is 40.8. The molecule has 0 saturated heterocycles. The smallest absolute Gasteiger partial charge is 0.305 e. The Kier molecular flexibility index (Phi) is 37.1. The summed E-state index contributed by atoms with van der Waals surface area (Å²) in [6.45, 7) is 6.21. The number of aliphatic carboxylic acids is 2. The zero-order valence-corrected chi connectivity index (χ0v) is 47.8. The van der Waals surface area contributed by atoms with Crippen molar-refractivity contribution >= 4 is 82.5 Å². The summed E-state index contributed by atoms with van der Waals surface area (Å²) in [5.41, 5.74) is 38.6.